The second-order valence-electron chi connectivity index (χ2n) is 4.06. The zero-order valence-electron chi connectivity index (χ0n) is 8.75. The van der Waals surface area contributed by atoms with Crippen molar-refractivity contribution in [3.8, 4) is 0 Å². The van der Waals surface area contributed by atoms with Crippen molar-refractivity contribution in [2.24, 2.45) is 5.92 Å². The lowest BCUT2D eigenvalue weighted by Crippen LogP contribution is -1.93. The van der Waals surface area contributed by atoms with Crippen LogP contribution in [0.1, 0.15) is 19.7 Å². The Labute approximate surface area is 93.2 Å². The first-order valence-corrected chi connectivity index (χ1v) is 5.28. The van der Waals surface area contributed by atoms with Gasteiger partial charge in [0.2, 0.25) is 0 Å². The molecule has 80 valence electrons. The van der Waals surface area contributed by atoms with E-state index in [0.717, 1.165) is 11.9 Å². The number of hydrogen-bond acceptors (Lipinski definition) is 3. The largest absolute Gasteiger partial charge is 0.439 e. The van der Waals surface area contributed by atoms with Gasteiger partial charge < -0.3 is 10.2 Å². The zero-order valence-corrected chi connectivity index (χ0v) is 9.51. The van der Waals surface area contributed by atoms with Crippen LogP contribution in [-0.4, -0.2) is 4.98 Å². The van der Waals surface area contributed by atoms with Gasteiger partial charge in [-0.3, -0.25) is 0 Å². The van der Waals surface area contributed by atoms with E-state index in [1.54, 1.807) is 12.1 Å². The van der Waals surface area contributed by atoms with Gasteiger partial charge in [-0.15, -0.1) is 0 Å². The number of aromatic nitrogens is 1. The maximum Gasteiger partial charge on any atom is 0.195 e. The van der Waals surface area contributed by atoms with E-state index in [4.69, 9.17) is 21.8 Å². The SMILES string of the molecule is CC(C)Cc1nc2cc(N)cc(Cl)c2o1. The number of benzene rings is 1. The Morgan fingerprint density at radius 1 is 1.47 bits per heavy atom. The molecule has 0 spiro atoms. The molecular weight excluding hydrogens is 212 g/mol. The molecule has 2 rings (SSSR count). The van der Waals surface area contributed by atoms with Gasteiger partial charge in [-0.05, 0) is 18.1 Å². The summed E-state index contributed by atoms with van der Waals surface area (Å²) in [5.74, 6) is 1.22. The van der Waals surface area contributed by atoms with E-state index in [-0.39, 0.29) is 0 Å². The molecule has 2 N–H and O–H groups in total. The molecule has 1 aromatic carbocycles. The summed E-state index contributed by atoms with van der Waals surface area (Å²) in [6.07, 6.45) is 0.810. The fraction of sp³-hybridized carbons (Fsp3) is 0.364. The quantitative estimate of drug-likeness (QED) is 0.797. The van der Waals surface area contributed by atoms with Gasteiger partial charge >= 0.3 is 0 Å². The summed E-state index contributed by atoms with van der Waals surface area (Å²) in [7, 11) is 0. The first kappa shape index (κ1) is 10.3. The molecule has 0 aliphatic rings. The van der Waals surface area contributed by atoms with Gasteiger partial charge in [0.1, 0.15) is 5.52 Å². The average molecular weight is 225 g/mol. The average Bonchev–Trinajstić information content (AvgIpc) is 2.45. The summed E-state index contributed by atoms with van der Waals surface area (Å²) in [5.41, 5.74) is 7.64. The normalized spacial score (nSPS) is 11.5. The summed E-state index contributed by atoms with van der Waals surface area (Å²) < 4.78 is 5.57. The van der Waals surface area contributed by atoms with Gasteiger partial charge in [0, 0.05) is 12.1 Å². The summed E-state index contributed by atoms with van der Waals surface area (Å²) in [5, 5.41) is 0.521. The fourth-order valence-corrected chi connectivity index (χ4v) is 1.76. The summed E-state index contributed by atoms with van der Waals surface area (Å²) in [4.78, 5) is 4.34. The lowest BCUT2D eigenvalue weighted by molar-refractivity contribution is 0.482. The molecule has 3 nitrogen and oxygen atoms in total. The van der Waals surface area contributed by atoms with Crippen LogP contribution in [0, 0.1) is 5.92 Å². The van der Waals surface area contributed by atoms with E-state index < -0.39 is 0 Å². The maximum atomic E-state index is 6.00. The first-order valence-electron chi connectivity index (χ1n) is 4.90. The molecule has 0 radical (unpaired) electrons. The Morgan fingerprint density at radius 2 is 2.20 bits per heavy atom. The van der Waals surface area contributed by atoms with E-state index >= 15 is 0 Å². The van der Waals surface area contributed by atoms with Crippen molar-refractivity contribution in [3.63, 3.8) is 0 Å². The van der Waals surface area contributed by atoms with Gasteiger partial charge in [0.15, 0.2) is 11.5 Å². The molecule has 0 saturated carbocycles. The molecule has 0 aliphatic carbocycles. The Balaban J connectivity index is 2.50. The van der Waals surface area contributed by atoms with Crippen LogP contribution < -0.4 is 5.73 Å². The van der Waals surface area contributed by atoms with Gasteiger partial charge in [0.05, 0.1) is 5.02 Å². The smallest absolute Gasteiger partial charge is 0.195 e. The highest BCUT2D eigenvalue weighted by Crippen LogP contribution is 2.27. The van der Waals surface area contributed by atoms with Crippen molar-refractivity contribution in [1.82, 2.24) is 4.98 Å². The molecule has 1 aromatic heterocycles. The second-order valence-corrected chi connectivity index (χ2v) is 4.46. The highest BCUT2D eigenvalue weighted by atomic mass is 35.5. The molecule has 0 fully saturated rings. The van der Waals surface area contributed by atoms with Crippen LogP contribution in [0.3, 0.4) is 0 Å². The first-order chi connectivity index (χ1) is 7.06. The van der Waals surface area contributed by atoms with E-state index in [1.165, 1.54) is 0 Å². The van der Waals surface area contributed by atoms with Gasteiger partial charge in [0.25, 0.3) is 0 Å². The minimum atomic E-state index is 0.509. The Morgan fingerprint density at radius 3 is 2.87 bits per heavy atom. The Kier molecular flexibility index (Phi) is 2.57. The minimum absolute atomic E-state index is 0.509. The zero-order chi connectivity index (χ0) is 11.0. The Hall–Kier alpha value is -1.22. The summed E-state index contributed by atoms with van der Waals surface area (Å²) in [6, 6.07) is 3.45. The summed E-state index contributed by atoms with van der Waals surface area (Å²) in [6.45, 7) is 4.23. The number of nitrogen functional groups attached to an aromatic ring is 1. The van der Waals surface area contributed by atoms with Crippen LogP contribution in [0.2, 0.25) is 5.02 Å². The predicted molar refractivity (Wildman–Crippen MR) is 62.0 cm³/mol. The monoisotopic (exact) mass is 224 g/mol. The molecule has 2 aromatic rings. The molecule has 0 atom stereocenters. The standard InChI is InChI=1S/C11H13ClN2O/c1-6(2)3-10-14-9-5-7(13)4-8(12)11(9)15-10/h4-6H,3,13H2,1-2H3. The molecule has 0 saturated heterocycles. The molecule has 0 amide bonds. The second kappa shape index (κ2) is 3.74. The summed E-state index contributed by atoms with van der Waals surface area (Å²) >= 11 is 6.00. The van der Waals surface area contributed by atoms with Gasteiger partial charge in [-0.1, -0.05) is 25.4 Å². The Bertz CT molecular complexity index is 491. The van der Waals surface area contributed by atoms with Crippen LogP contribution in [-0.2, 0) is 6.42 Å². The van der Waals surface area contributed by atoms with Gasteiger partial charge in [-0.2, -0.15) is 0 Å². The van der Waals surface area contributed by atoms with Crippen molar-refractivity contribution in [3.05, 3.63) is 23.0 Å². The van der Waals surface area contributed by atoms with Gasteiger partial charge in [-0.25, -0.2) is 4.98 Å². The number of oxazole rings is 1. The van der Waals surface area contributed by atoms with Crippen LogP contribution >= 0.6 is 11.6 Å². The molecule has 0 aliphatic heterocycles. The molecule has 0 bridgehead atoms. The fourth-order valence-electron chi connectivity index (χ4n) is 1.49. The number of nitrogens with zero attached hydrogens (tertiary/aromatic N) is 1. The number of halogens is 1. The highest BCUT2D eigenvalue weighted by molar-refractivity contribution is 6.35. The lowest BCUT2D eigenvalue weighted by atomic mass is 10.1. The number of hydrogen-bond donors (Lipinski definition) is 1. The highest BCUT2D eigenvalue weighted by Gasteiger charge is 2.10. The number of anilines is 1. The van der Waals surface area contributed by atoms with Crippen molar-refractivity contribution in [1.29, 1.82) is 0 Å². The van der Waals surface area contributed by atoms with Crippen LogP contribution in [0.4, 0.5) is 5.69 Å². The molecule has 1 heterocycles. The van der Waals surface area contributed by atoms with E-state index in [0.29, 0.717) is 28.1 Å². The predicted octanol–water partition coefficient (Wildman–Crippen LogP) is 3.26. The van der Waals surface area contributed by atoms with Crippen LogP contribution in [0.15, 0.2) is 16.5 Å². The maximum absolute atomic E-state index is 6.00. The third kappa shape index (κ3) is 2.07. The topological polar surface area (TPSA) is 52.0 Å². The third-order valence-electron chi connectivity index (χ3n) is 2.09. The molecule has 15 heavy (non-hydrogen) atoms. The van der Waals surface area contributed by atoms with Crippen molar-refractivity contribution in [2.75, 3.05) is 5.73 Å². The molecule has 4 heteroatoms. The van der Waals surface area contributed by atoms with E-state index in [2.05, 4.69) is 18.8 Å². The minimum Gasteiger partial charge on any atom is -0.439 e. The van der Waals surface area contributed by atoms with E-state index in [9.17, 15) is 0 Å². The lowest BCUT2D eigenvalue weighted by Gasteiger charge is -1.97. The third-order valence-corrected chi connectivity index (χ3v) is 2.37. The van der Waals surface area contributed by atoms with Crippen molar-refractivity contribution < 1.29 is 4.42 Å². The number of fused-ring (bicyclic) bond motifs is 1. The molecular formula is C11H13ClN2O. The van der Waals surface area contributed by atoms with Crippen molar-refractivity contribution >= 4 is 28.4 Å². The van der Waals surface area contributed by atoms with E-state index in [1.807, 2.05) is 0 Å². The number of rotatable bonds is 2. The van der Waals surface area contributed by atoms with Crippen LogP contribution in [0.25, 0.3) is 11.1 Å². The number of nitrogens with two attached hydrogens (primary N) is 1. The van der Waals surface area contributed by atoms with Crippen LogP contribution in [0.5, 0.6) is 0 Å². The van der Waals surface area contributed by atoms with Crippen molar-refractivity contribution in [2.45, 2.75) is 20.3 Å². The molecule has 0 unspecified atom stereocenters.